The molecule has 2 heterocycles. The van der Waals surface area contributed by atoms with Crippen LogP contribution in [-0.2, 0) is 11.2 Å². The number of carboxylic acids is 1. The summed E-state index contributed by atoms with van der Waals surface area (Å²) >= 11 is 0. The van der Waals surface area contributed by atoms with E-state index in [4.69, 9.17) is 5.73 Å². The van der Waals surface area contributed by atoms with Crippen molar-refractivity contribution in [1.29, 1.82) is 0 Å². The number of nitrogens with zero attached hydrogens (tertiary/aromatic N) is 1. The first-order valence-electron chi connectivity index (χ1n) is 11.0. The van der Waals surface area contributed by atoms with Crippen molar-refractivity contribution in [1.82, 2.24) is 9.88 Å². The number of fused-ring (bicyclic) bond motifs is 2. The van der Waals surface area contributed by atoms with Crippen LogP contribution in [0.5, 0.6) is 0 Å². The van der Waals surface area contributed by atoms with E-state index in [9.17, 15) is 14.3 Å². The van der Waals surface area contributed by atoms with E-state index in [0.29, 0.717) is 24.2 Å². The first-order valence-corrected chi connectivity index (χ1v) is 11.0. The molecular formula is C25H30FN3O2. The standard InChI is InChI=1S/C19H24N2O2.C6H6FN/c1-3-7-21-10-12(19(22)23)8-15-13-5-4-6-16-18(13)14(9-17(15)21)11(2)20-16;7-5-1-3-6(8)4-2-5/h4-6,12,15,17,20H,3,7-10H2,1-2H3,(H,22,23);1-4H,8H2/t12-,15-,17-;/m1./s1. The number of hydrogen-bond donors (Lipinski definition) is 3. The summed E-state index contributed by atoms with van der Waals surface area (Å²) in [6.07, 6.45) is 2.88. The number of nitrogens with one attached hydrogen (secondary N) is 1. The third kappa shape index (κ3) is 4.17. The van der Waals surface area contributed by atoms with Crippen molar-refractivity contribution < 1.29 is 14.3 Å². The molecule has 1 fully saturated rings. The van der Waals surface area contributed by atoms with E-state index in [2.05, 4.69) is 41.9 Å². The highest BCUT2D eigenvalue weighted by molar-refractivity contribution is 5.89. The minimum atomic E-state index is -0.646. The normalized spacial score (nSPS) is 22.5. The molecule has 1 aliphatic carbocycles. The predicted molar refractivity (Wildman–Crippen MR) is 122 cm³/mol. The molecule has 0 unspecified atom stereocenters. The van der Waals surface area contributed by atoms with Crippen LogP contribution in [0.2, 0.25) is 0 Å². The van der Waals surface area contributed by atoms with E-state index >= 15 is 0 Å². The molecule has 3 atom stereocenters. The van der Waals surface area contributed by atoms with Gasteiger partial charge in [0.1, 0.15) is 5.82 Å². The minimum Gasteiger partial charge on any atom is -0.481 e. The van der Waals surface area contributed by atoms with Crippen molar-refractivity contribution in [3.63, 3.8) is 0 Å². The fourth-order valence-corrected chi connectivity index (χ4v) is 5.25. The molecule has 2 aliphatic rings. The maximum absolute atomic E-state index is 12.0. The second-order valence-electron chi connectivity index (χ2n) is 8.69. The molecular weight excluding hydrogens is 393 g/mol. The Labute approximate surface area is 182 Å². The molecule has 0 spiro atoms. The Kier molecular flexibility index (Phi) is 6.01. The second-order valence-corrected chi connectivity index (χ2v) is 8.69. The number of carboxylic acid groups (broad SMARTS) is 1. The van der Waals surface area contributed by atoms with Gasteiger partial charge in [0.2, 0.25) is 0 Å². The molecule has 6 heteroatoms. The molecule has 31 heavy (non-hydrogen) atoms. The van der Waals surface area contributed by atoms with Gasteiger partial charge in [-0.05, 0) is 74.2 Å². The first kappa shape index (κ1) is 21.4. The molecule has 0 bridgehead atoms. The van der Waals surface area contributed by atoms with E-state index in [0.717, 1.165) is 25.8 Å². The van der Waals surface area contributed by atoms with Gasteiger partial charge in [0.15, 0.2) is 0 Å². The summed E-state index contributed by atoms with van der Waals surface area (Å²) in [4.78, 5) is 17.6. The number of aryl methyl sites for hydroxylation is 1. The average Bonchev–Trinajstić information content (AvgIpc) is 3.08. The molecule has 3 aromatic rings. The first-order chi connectivity index (χ1) is 14.9. The number of nitrogens with two attached hydrogens (primary N) is 1. The summed E-state index contributed by atoms with van der Waals surface area (Å²) in [5, 5.41) is 10.9. The number of H-pyrrole nitrogens is 1. The van der Waals surface area contributed by atoms with E-state index in [-0.39, 0.29) is 11.7 Å². The topological polar surface area (TPSA) is 82.4 Å². The number of carbonyl (C=O) groups is 1. The predicted octanol–water partition coefficient (Wildman–Crippen LogP) is 4.71. The highest BCUT2D eigenvalue weighted by Gasteiger charge is 2.42. The molecule has 164 valence electrons. The van der Waals surface area contributed by atoms with Gasteiger partial charge >= 0.3 is 5.97 Å². The van der Waals surface area contributed by atoms with Gasteiger partial charge in [-0.1, -0.05) is 19.1 Å². The molecule has 0 amide bonds. The maximum atomic E-state index is 12.0. The number of nitrogen functional groups attached to an aromatic ring is 1. The van der Waals surface area contributed by atoms with E-state index in [1.165, 1.54) is 52.0 Å². The van der Waals surface area contributed by atoms with Crippen molar-refractivity contribution in [2.75, 3.05) is 18.8 Å². The lowest BCUT2D eigenvalue weighted by molar-refractivity contribution is -0.144. The number of benzene rings is 2. The number of likely N-dealkylation sites (tertiary alicyclic amines) is 1. The molecule has 1 aromatic heterocycles. The number of hydrogen-bond acceptors (Lipinski definition) is 3. The van der Waals surface area contributed by atoms with E-state index < -0.39 is 5.97 Å². The zero-order chi connectivity index (χ0) is 22.1. The molecule has 5 nitrogen and oxygen atoms in total. The van der Waals surface area contributed by atoms with Gasteiger partial charge in [-0.15, -0.1) is 0 Å². The molecule has 5 rings (SSSR count). The number of piperidine rings is 1. The third-order valence-electron chi connectivity index (χ3n) is 6.64. The zero-order valence-electron chi connectivity index (χ0n) is 18.1. The monoisotopic (exact) mass is 423 g/mol. The summed E-state index contributed by atoms with van der Waals surface area (Å²) < 4.78 is 12.0. The van der Waals surface area contributed by atoms with Gasteiger partial charge < -0.3 is 15.8 Å². The van der Waals surface area contributed by atoms with Crippen LogP contribution in [0.3, 0.4) is 0 Å². The van der Waals surface area contributed by atoms with Crippen LogP contribution in [0, 0.1) is 18.7 Å². The van der Waals surface area contributed by atoms with Crippen LogP contribution in [0.25, 0.3) is 10.9 Å². The number of aliphatic carboxylic acids is 1. The maximum Gasteiger partial charge on any atom is 0.307 e. The van der Waals surface area contributed by atoms with Crippen molar-refractivity contribution in [3.05, 3.63) is 65.1 Å². The smallest absolute Gasteiger partial charge is 0.307 e. The lowest BCUT2D eigenvalue weighted by Crippen LogP contribution is -2.51. The average molecular weight is 424 g/mol. The Bertz CT molecular complexity index is 1060. The van der Waals surface area contributed by atoms with Crippen LogP contribution in [0.1, 0.15) is 42.5 Å². The summed E-state index contributed by atoms with van der Waals surface area (Å²) in [6.45, 7) is 6.02. The molecule has 2 aromatic carbocycles. The van der Waals surface area contributed by atoms with Crippen LogP contribution in [0.4, 0.5) is 10.1 Å². The largest absolute Gasteiger partial charge is 0.481 e. The van der Waals surface area contributed by atoms with Crippen molar-refractivity contribution in [3.8, 4) is 0 Å². The lowest BCUT2D eigenvalue weighted by atomic mass is 9.72. The number of aromatic nitrogens is 1. The van der Waals surface area contributed by atoms with Crippen LogP contribution in [0.15, 0.2) is 42.5 Å². The summed E-state index contributed by atoms with van der Waals surface area (Å²) in [7, 11) is 0. The molecule has 1 aliphatic heterocycles. The Morgan fingerprint density at radius 2 is 2.00 bits per heavy atom. The molecule has 4 N–H and O–H groups in total. The second kappa shape index (κ2) is 8.71. The summed E-state index contributed by atoms with van der Waals surface area (Å²) in [6, 6.07) is 12.6. The van der Waals surface area contributed by atoms with Crippen LogP contribution in [-0.4, -0.2) is 40.1 Å². The number of aromatic amines is 1. The van der Waals surface area contributed by atoms with Crippen molar-refractivity contribution in [2.45, 2.75) is 45.1 Å². The number of rotatable bonds is 3. The van der Waals surface area contributed by atoms with Crippen molar-refractivity contribution in [2.24, 2.45) is 5.92 Å². The third-order valence-corrected chi connectivity index (χ3v) is 6.64. The Balaban J connectivity index is 0.000000245. The Morgan fingerprint density at radius 1 is 1.26 bits per heavy atom. The SMILES string of the molecule is CCCN1C[C@H](C(=O)O)C[C@@H]2c3cccc4[nH]c(C)c(c34)C[C@H]21.Nc1ccc(F)cc1. The van der Waals surface area contributed by atoms with Gasteiger partial charge in [-0.2, -0.15) is 0 Å². The van der Waals surface area contributed by atoms with E-state index in [1.807, 2.05) is 0 Å². The highest BCUT2D eigenvalue weighted by atomic mass is 19.1. The summed E-state index contributed by atoms with van der Waals surface area (Å²) in [5.41, 5.74) is 11.1. The summed E-state index contributed by atoms with van der Waals surface area (Å²) in [5.74, 6) is -0.811. The Hall–Kier alpha value is -2.86. The van der Waals surface area contributed by atoms with Crippen LogP contribution < -0.4 is 5.73 Å². The van der Waals surface area contributed by atoms with Gasteiger partial charge in [-0.25, -0.2) is 4.39 Å². The van der Waals surface area contributed by atoms with E-state index in [1.54, 1.807) is 0 Å². The van der Waals surface area contributed by atoms with Crippen LogP contribution >= 0.6 is 0 Å². The molecule has 1 saturated heterocycles. The fourth-order valence-electron chi connectivity index (χ4n) is 5.25. The van der Waals surface area contributed by atoms with Gasteiger partial charge in [-0.3, -0.25) is 9.69 Å². The fraction of sp³-hybridized carbons (Fsp3) is 0.400. The van der Waals surface area contributed by atoms with Crippen molar-refractivity contribution >= 4 is 22.6 Å². The number of anilines is 1. The van der Waals surface area contributed by atoms with Gasteiger partial charge in [0, 0.05) is 40.8 Å². The molecule has 0 saturated carbocycles. The zero-order valence-corrected chi connectivity index (χ0v) is 18.1. The number of halogens is 1. The van der Waals surface area contributed by atoms with Gasteiger partial charge in [0.05, 0.1) is 5.92 Å². The van der Waals surface area contributed by atoms with Gasteiger partial charge in [0.25, 0.3) is 0 Å². The molecule has 0 radical (unpaired) electrons. The Morgan fingerprint density at radius 3 is 2.65 bits per heavy atom. The minimum absolute atomic E-state index is 0.250. The highest BCUT2D eigenvalue weighted by Crippen LogP contribution is 2.45. The quantitative estimate of drug-likeness (QED) is 0.533. The lowest BCUT2D eigenvalue weighted by Gasteiger charge is -2.46.